The Labute approximate surface area is 105 Å². The summed E-state index contributed by atoms with van der Waals surface area (Å²) in [6, 6.07) is 8.26. The summed E-state index contributed by atoms with van der Waals surface area (Å²) in [7, 11) is 1.73. The molecule has 1 rings (SSSR count). The number of hydrogen-bond acceptors (Lipinski definition) is 1. The summed E-state index contributed by atoms with van der Waals surface area (Å²) in [5.74, 6) is 1.07. The average molecular weight is 292 g/mol. The van der Waals surface area contributed by atoms with Crippen LogP contribution in [-0.2, 0) is 4.74 Å². The molecule has 0 heterocycles. The molecule has 0 aliphatic heterocycles. The molecule has 84 valence electrons. The van der Waals surface area contributed by atoms with Gasteiger partial charge in [0.05, 0.1) is 0 Å². The molecule has 0 radical (unpaired) electrons. The summed E-state index contributed by atoms with van der Waals surface area (Å²) in [5.41, 5.74) is 1.30. The van der Waals surface area contributed by atoms with Gasteiger partial charge in [0, 0.05) is 24.1 Å². The van der Waals surface area contributed by atoms with E-state index in [0.717, 1.165) is 23.9 Å². The van der Waals surface area contributed by atoms with Crippen LogP contribution >= 0.6 is 27.5 Å². The molecule has 1 atom stereocenters. The molecule has 0 N–H and O–H groups in total. The van der Waals surface area contributed by atoms with Crippen molar-refractivity contribution in [2.24, 2.45) is 0 Å². The fraction of sp³-hybridized carbons (Fsp3) is 0.500. The maximum absolute atomic E-state index is 5.99. The van der Waals surface area contributed by atoms with Gasteiger partial charge < -0.3 is 4.74 Å². The van der Waals surface area contributed by atoms with Gasteiger partial charge in [-0.2, -0.15) is 0 Å². The lowest BCUT2D eigenvalue weighted by molar-refractivity contribution is 0.191. The van der Waals surface area contributed by atoms with Crippen LogP contribution in [0.2, 0.25) is 0 Å². The van der Waals surface area contributed by atoms with Crippen molar-refractivity contribution in [2.45, 2.75) is 18.8 Å². The second-order valence-corrected chi connectivity index (χ2v) is 4.67. The van der Waals surface area contributed by atoms with Crippen molar-refractivity contribution in [3.05, 3.63) is 34.3 Å². The molecular formula is C12H16BrClO. The van der Waals surface area contributed by atoms with Crippen molar-refractivity contribution in [3.8, 4) is 0 Å². The molecule has 3 heteroatoms. The SMILES string of the molecule is COCCCC(CCl)c1ccccc1Br. The molecule has 1 unspecified atom stereocenters. The van der Waals surface area contributed by atoms with Gasteiger partial charge in [0.15, 0.2) is 0 Å². The van der Waals surface area contributed by atoms with Crippen molar-refractivity contribution in [3.63, 3.8) is 0 Å². The highest BCUT2D eigenvalue weighted by Crippen LogP contribution is 2.29. The number of halogens is 2. The van der Waals surface area contributed by atoms with Crippen LogP contribution in [0.5, 0.6) is 0 Å². The minimum atomic E-state index is 0.414. The van der Waals surface area contributed by atoms with Crippen molar-refractivity contribution < 1.29 is 4.74 Å². The van der Waals surface area contributed by atoms with Crippen molar-refractivity contribution in [1.29, 1.82) is 0 Å². The van der Waals surface area contributed by atoms with Gasteiger partial charge in [-0.3, -0.25) is 0 Å². The van der Waals surface area contributed by atoms with E-state index >= 15 is 0 Å². The van der Waals surface area contributed by atoms with Gasteiger partial charge in [0.25, 0.3) is 0 Å². The monoisotopic (exact) mass is 290 g/mol. The standard InChI is InChI=1S/C12H16BrClO/c1-15-8-4-5-10(9-14)11-6-2-3-7-12(11)13/h2-3,6-7,10H,4-5,8-9H2,1H3. The van der Waals surface area contributed by atoms with E-state index in [1.54, 1.807) is 7.11 Å². The molecule has 0 saturated carbocycles. The van der Waals surface area contributed by atoms with Crippen LogP contribution in [0.1, 0.15) is 24.3 Å². The average Bonchev–Trinajstić information content (AvgIpc) is 2.26. The lowest BCUT2D eigenvalue weighted by Crippen LogP contribution is -2.03. The molecule has 0 aromatic heterocycles. The highest BCUT2D eigenvalue weighted by atomic mass is 79.9. The summed E-state index contributed by atoms with van der Waals surface area (Å²) in [4.78, 5) is 0. The molecule has 1 aromatic carbocycles. The number of rotatable bonds is 6. The van der Waals surface area contributed by atoms with E-state index in [2.05, 4.69) is 34.1 Å². The van der Waals surface area contributed by atoms with E-state index < -0.39 is 0 Å². The fourth-order valence-electron chi connectivity index (χ4n) is 1.60. The molecule has 0 bridgehead atoms. The first-order chi connectivity index (χ1) is 7.29. The summed E-state index contributed by atoms with van der Waals surface area (Å²) >= 11 is 9.55. The van der Waals surface area contributed by atoms with Gasteiger partial charge in [0.2, 0.25) is 0 Å². The summed E-state index contributed by atoms with van der Waals surface area (Å²) in [6.45, 7) is 0.803. The first-order valence-corrected chi connectivity index (χ1v) is 6.41. The minimum Gasteiger partial charge on any atom is -0.385 e. The molecule has 0 amide bonds. The van der Waals surface area contributed by atoms with Gasteiger partial charge in [-0.15, -0.1) is 11.6 Å². The van der Waals surface area contributed by atoms with Gasteiger partial charge in [-0.05, 0) is 30.4 Å². The van der Waals surface area contributed by atoms with E-state index in [0.29, 0.717) is 11.8 Å². The van der Waals surface area contributed by atoms with Crippen LogP contribution in [0.15, 0.2) is 28.7 Å². The van der Waals surface area contributed by atoms with E-state index in [4.69, 9.17) is 16.3 Å². The maximum atomic E-state index is 5.99. The van der Waals surface area contributed by atoms with Crippen LogP contribution in [0.4, 0.5) is 0 Å². The normalized spacial score (nSPS) is 12.7. The predicted molar refractivity (Wildman–Crippen MR) is 68.7 cm³/mol. The molecule has 15 heavy (non-hydrogen) atoms. The Morgan fingerprint density at radius 3 is 2.73 bits per heavy atom. The number of methoxy groups -OCH3 is 1. The van der Waals surface area contributed by atoms with Gasteiger partial charge in [0.1, 0.15) is 0 Å². The summed E-state index contributed by atoms with van der Waals surface area (Å²) < 4.78 is 6.19. The second-order valence-electron chi connectivity index (χ2n) is 3.51. The van der Waals surface area contributed by atoms with E-state index in [-0.39, 0.29) is 0 Å². The predicted octanol–water partition coefficient (Wildman–Crippen LogP) is 4.20. The topological polar surface area (TPSA) is 9.23 Å². The van der Waals surface area contributed by atoms with Crippen molar-refractivity contribution in [1.82, 2.24) is 0 Å². The van der Waals surface area contributed by atoms with Crippen LogP contribution in [-0.4, -0.2) is 19.6 Å². The maximum Gasteiger partial charge on any atom is 0.0462 e. The van der Waals surface area contributed by atoms with Crippen LogP contribution in [0.25, 0.3) is 0 Å². The molecule has 0 fully saturated rings. The minimum absolute atomic E-state index is 0.414. The Morgan fingerprint density at radius 2 is 2.13 bits per heavy atom. The van der Waals surface area contributed by atoms with Crippen LogP contribution < -0.4 is 0 Å². The van der Waals surface area contributed by atoms with Crippen LogP contribution in [0, 0.1) is 0 Å². The molecule has 0 saturated heterocycles. The largest absolute Gasteiger partial charge is 0.385 e. The van der Waals surface area contributed by atoms with Gasteiger partial charge in [-0.25, -0.2) is 0 Å². The number of alkyl halides is 1. The third kappa shape index (κ3) is 4.13. The van der Waals surface area contributed by atoms with Crippen LogP contribution in [0.3, 0.4) is 0 Å². The Balaban J connectivity index is 2.61. The Bertz CT molecular complexity index is 291. The van der Waals surface area contributed by atoms with Gasteiger partial charge in [-0.1, -0.05) is 34.1 Å². The molecule has 1 nitrogen and oxygen atoms in total. The quantitative estimate of drug-likeness (QED) is 0.564. The van der Waals surface area contributed by atoms with E-state index in [1.165, 1.54) is 5.56 Å². The number of benzene rings is 1. The zero-order valence-corrected chi connectivity index (χ0v) is 11.2. The Morgan fingerprint density at radius 1 is 1.40 bits per heavy atom. The third-order valence-electron chi connectivity index (χ3n) is 2.43. The molecule has 1 aromatic rings. The Hall–Kier alpha value is -0.0500. The van der Waals surface area contributed by atoms with Gasteiger partial charge >= 0.3 is 0 Å². The van der Waals surface area contributed by atoms with Crippen molar-refractivity contribution in [2.75, 3.05) is 19.6 Å². The molecule has 0 spiro atoms. The highest BCUT2D eigenvalue weighted by Gasteiger charge is 2.12. The number of hydrogen-bond donors (Lipinski definition) is 0. The van der Waals surface area contributed by atoms with Crippen molar-refractivity contribution >= 4 is 27.5 Å². The third-order valence-corrected chi connectivity index (χ3v) is 3.53. The lowest BCUT2D eigenvalue weighted by atomic mass is 9.96. The van der Waals surface area contributed by atoms with E-state index in [9.17, 15) is 0 Å². The molecular weight excluding hydrogens is 275 g/mol. The summed E-state index contributed by atoms with van der Waals surface area (Å²) in [6.07, 6.45) is 2.12. The summed E-state index contributed by atoms with van der Waals surface area (Å²) in [5, 5.41) is 0. The second kappa shape index (κ2) is 7.26. The molecule has 0 aliphatic carbocycles. The molecule has 0 aliphatic rings. The first kappa shape index (κ1) is 13.0. The number of ether oxygens (including phenoxy) is 1. The zero-order chi connectivity index (χ0) is 11.1. The first-order valence-electron chi connectivity index (χ1n) is 5.09. The van der Waals surface area contributed by atoms with E-state index in [1.807, 2.05) is 6.07 Å². The highest BCUT2D eigenvalue weighted by molar-refractivity contribution is 9.10. The lowest BCUT2D eigenvalue weighted by Gasteiger charge is -2.15. The zero-order valence-electron chi connectivity index (χ0n) is 8.88. The fourth-order valence-corrected chi connectivity index (χ4v) is 2.53. The Kier molecular flexibility index (Phi) is 6.30. The smallest absolute Gasteiger partial charge is 0.0462 e.